The maximum Gasteiger partial charge on any atom is 0.416 e. The molecule has 1 aromatic rings. The van der Waals surface area contributed by atoms with Gasteiger partial charge >= 0.3 is 12.2 Å². The third-order valence-electron chi connectivity index (χ3n) is 2.99. The van der Waals surface area contributed by atoms with Crippen LogP contribution in [0.1, 0.15) is 25.8 Å². The van der Waals surface area contributed by atoms with Crippen LogP contribution in [0.5, 0.6) is 5.75 Å². The van der Waals surface area contributed by atoms with Crippen LogP contribution < -0.4 is 15.4 Å². The van der Waals surface area contributed by atoms with Crippen LogP contribution in [0.4, 0.5) is 23.7 Å². The number of nitrogens with one attached hydrogen (secondary N) is 2. The summed E-state index contributed by atoms with van der Waals surface area (Å²) in [4.78, 5) is 11.9. The van der Waals surface area contributed by atoms with Gasteiger partial charge in [-0.2, -0.15) is 13.2 Å². The fourth-order valence-electron chi connectivity index (χ4n) is 1.83. The lowest BCUT2D eigenvalue weighted by Crippen LogP contribution is -2.36. The largest absolute Gasteiger partial charge is 0.492 e. The number of methoxy groups -OCH3 is 1. The second-order valence-corrected chi connectivity index (χ2v) is 4.92. The van der Waals surface area contributed by atoms with Gasteiger partial charge < -0.3 is 20.1 Å². The van der Waals surface area contributed by atoms with Crippen molar-refractivity contribution in [2.24, 2.45) is 0 Å². The lowest BCUT2D eigenvalue weighted by molar-refractivity contribution is -0.137. The van der Waals surface area contributed by atoms with Crippen molar-refractivity contribution in [3.8, 4) is 5.75 Å². The first-order valence-electron chi connectivity index (χ1n) is 7.18. The minimum Gasteiger partial charge on any atom is -0.492 e. The van der Waals surface area contributed by atoms with Crippen LogP contribution in [-0.2, 0) is 10.9 Å². The Morgan fingerprint density at radius 3 is 2.61 bits per heavy atom. The Morgan fingerprint density at radius 1 is 1.35 bits per heavy atom. The number of ether oxygens (including phenoxy) is 2. The molecule has 23 heavy (non-hydrogen) atoms. The molecule has 0 saturated carbocycles. The monoisotopic (exact) mass is 334 g/mol. The highest BCUT2D eigenvalue weighted by Gasteiger charge is 2.31. The predicted molar refractivity (Wildman–Crippen MR) is 80.7 cm³/mol. The fraction of sp³-hybridized carbons (Fsp3) is 0.533. The van der Waals surface area contributed by atoms with E-state index in [2.05, 4.69) is 10.6 Å². The van der Waals surface area contributed by atoms with Crippen LogP contribution in [0.15, 0.2) is 18.2 Å². The van der Waals surface area contributed by atoms with E-state index in [0.717, 1.165) is 12.1 Å². The van der Waals surface area contributed by atoms with E-state index in [4.69, 9.17) is 9.47 Å². The predicted octanol–water partition coefficient (Wildman–Crippen LogP) is 3.65. The third-order valence-corrected chi connectivity index (χ3v) is 2.99. The molecule has 1 aromatic carbocycles. The maximum absolute atomic E-state index is 12.8. The molecule has 1 rings (SSSR count). The molecule has 1 unspecified atom stereocenters. The van der Waals surface area contributed by atoms with Gasteiger partial charge in [0, 0.05) is 19.8 Å². The minimum absolute atomic E-state index is 0.0295. The number of alkyl halides is 3. The van der Waals surface area contributed by atoms with E-state index in [1.807, 2.05) is 0 Å². The van der Waals surface area contributed by atoms with Crippen LogP contribution in [0.3, 0.4) is 0 Å². The zero-order chi connectivity index (χ0) is 17.5. The van der Waals surface area contributed by atoms with E-state index in [1.54, 1.807) is 21.0 Å². The molecule has 0 spiro atoms. The molecule has 2 N–H and O–H groups in total. The normalized spacial score (nSPS) is 12.6. The van der Waals surface area contributed by atoms with Gasteiger partial charge in [0.05, 0.1) is 17.9 Å². The lowest BCUT2D eigenvalue weighted by atomic mass is 10.1. The molecule has 0 radical (unpaired) electrons. The average Bonchev–Trinajstić information content (AvgIpc) is 2.46. The Bertz CT molecular complexity index is 521. The number of halogens is 3. The summed E-state index contributed by atoms with van der Waals surface area (Å²) in [5.74, 6) is 0.181. The zero-order valence-corrected chi connectivity index (χ0v) is 13.3. The van der Waals surface area contributed by atoms with Gasteiger partial charge in [0.2, 0.25) is 0 Å². The number of hydrogen-bond acceptors (Lipinski definition) is 3. The van der Waals surface area contributed by atoms with E-state index < -0.39 is 17.8 Å². The zero-order valence-electron chi connectivity index (χ0n) is 13.3. The molecule has 0 aliphatic carbocycles. The summed E-state index contributed by atoms with van der Waals surface area (Å²) in [7, 11) is 1.55. The molecule has 0 aliphatic rings. The molecule has 2 amide bonds. The van der Waals surface area contributed by atoms with Crippen molar-refractivity contribution >= 4 is 11.7 Å². The Kier molecular flexibility index (Phi) is 7.15. The number of benzene rings is 1. The van der Waals surface area contributed by atoms with Crippen molar-refractivity contribution in [1.29, 1.82) is 0 Å². The number of rotatable bonds is 7. The molecular weight excluding hydrogens is 313 g/mol. The highest BCUT2D eigenvalue weighted by Crippen LogP contribution is 2.35. The highest BCUT2D eigenvalue weighted by molar-refractivity contribution is 5.91. The second kappa shape index (κ2) is 8.61. The lowest BCUT2D eigenvalue weighted by Gasteiger charge is -2.17. The third kappa shape index (κ3) is 6.35. The summed E-state index contributed by atoms with van der Waals surface area (Å²) in [5, 5.41) is 5.02. The molecule has 130 valence electrons. The molecule has 0 bridgehead atoms. The topological polar surface area (TPSA) is 59.6 Å². The van der Waals surface area contributed by atoms with Crippen molar-refractivity contribution in [2.75, 3.05) is 25.6 Å². The first-order valence-corrected chi connectivity index (χ1v) is 7.18. The van der Waals surface area contributed by atoms with Gasteiger partial charge in [-0.05, 0) is 38.5 Å². The molecule has 0 aliphatic heterocycles. The highest BCUT2D eigenvalue weighted by atomic mass is 19.4. The van der Waals surface area contributed by atoms with Crippen LogP contribution in [0.25, 0.3) is 0 Å². The Labute approximate surface area is 133 Å². The van der Waals surface area contributed by atoms with E-state index in [0.29, 0.717) is 13.0 Å². The van der Waals surface area contributed by atoms with E-state index in [-0.39, 0.29) is 24.1 Å². The van der Waals surface area contributed by atoms with Gasteiger partial charge in [0.15, 0.2) is 0 Å². The SMILES string of the molecule is CCOc1ccc(C(F)(F)F)cc1NC(=O)NC(C)CCOC. The Balaban J connectivity index is 2.85. The standard InChI is InChI=1S/C15H21F3N2O3/c1-4-23-13-6-5-11(15(16,17)18)9-12(13)20-14(21)19-10(2)7-8-22-3/h5-6,9-10H,4,7-8H2,1-3H3,(H2,19,20,21). The van der Waals surface area contributed by atoms with Crippen LogP contribution >= 0.6 is 0 Å². The Hall–Kier alpha value is -1.96. The first-order chi connectivity index (χ1) is 10.8. The molecule has 1 atom stereocenters. The van der Waals surface area contributed by atoms with Crippen molar-refractivity contribution in [3.05, 3.63) is 23.8 Å². The number of carbonyl (C=O) groups excluding carboxylic acids is 1. The summed E-state index contributed by atoms with van der Waals surface area (Å²) in [5.41, 5.74) is -0.887. The van der Waals surface area contributed by atoms with E-state index >= 15 is 0 Å². The number of anilines is 1. The van der Waals surface area contributed by atoms with Gasteiger partial charge in [0.1, 0.15) is 5.75 Å². The number of urea groups is 1. The molecular formula is C15H21F3N2O3. The quantitative estimate of drug-likeness (QED) is 0.800. The summed E-state index contributed by atoms with van der Waals surface area (Å²) in [6, 6.07) is 2.17. The molecule has 0 heterocycles. The number of carbonyl (C=O) groups is 1. The summed E-state index contributed by atoms with van der Waals surface area (Å²) < 4.78 is 48.5. The van der Waals surface area contributed by atoms with Gasteiger partial charge in [-0.15, -0.1) is 0 Å². The molecule has 0 aromatic heterocycles. The van der Waals surface area contributed by atoms with Gasteiger partial charge in [0.25, 0.3) is 0 Å². The van der Waals surface area contributed by atoms with Crippen molar-refractivity contribution < 1.29 is 27.4 Å². The summed E-state index contributed by atoms with van der Waals surface area (Å²) >= 11 is 0. The first kappa shape index (κ1) is 19.1. The van der Waals surface area contributed by atoms with Crippen molar-refractivity contribution in [2.45, 2.75) is 32.5 Å². The molecule has 8 heteroatoms. The van der Waals surface area contributed by atoms with Crippen LogP contribution in [-0.4, -0.2) is 32.4 Å². The van der Waals surface area contributed by atoms with Crippen molar-refractivity contribution in [3.63, 3.8) is 0 Å². The van der Waals surface area contributed by atoms with Gasteiger partial charge in [-0.1, -0.05) is 0 Å². The van der Waals surface area contributed by atoms with E-state index in [9.17, 15) is 18.0 Å². The maximum atomic E-state index is 12.8. The van der Waals surface area contributed by atoms with Gasteiger partial charge in [-0.3, -0.25) is 0 Å². The number of hydrogen-bond donors (Lipinski definition) is 2. The molecule has 5 nitrogen and oxygen atoms in total. The fourth-order valence-corrected chi connectivity index (χ4v) is 1.83. The summed E-state index contributed by atoms with van der Waals surface area (Å²) in [6.45, 7) is 4.21. The average molecular weight is 334 g/mol. The molecule has 0 fully saturated rings. The van der Waals surface area contributed by atoms with E-state index in [1.165, 1.54) is 6.07 Å². The van der Waals surface area contributed by atoms with Gasteiger partial charge in [-0.25, -0.2) is 4.79 Å². The van der Waals surface area contributed by atoms with Crippen molar-refractivity contribution in [1.82, 2.24) is 5.32 Å². The Morgan fingerprint density at radius 2 is 2.04 bits per heavy atom. The second-order valence-electron chi connectivity index (χ2n) is 4.92. The van der Waals surface area contributed by atoms with Crippen LogP contribution in [0.2, 0.25) is 0 Å². The smallest absolute Gasteiger partial charge is 0.416 e. The number of amides is 2. The van der Waals surface area contributed by atoms with Crippen LogP contribution in [0, 0.1) is 0 Å². The summed E-state index contributed by atoms with van der Waals surface area (Å²) in [6.07, 6.45) is -3.91. The molecule has 0 saturated heterocycles. The minimum atomic E-state index is -4.50.